The lowest BCUT2D eigenvalue weighted by molar-refractivity contribution is 0.250. The number of aryl methyl sites for hydroxylation is 1. The summed E-state index contributed by atoms with van der Waals surface area (Å²) in [5.74, 6) is 0. The van der Waals surface area contributed by atoms with Crippen LogP contribution in [-0.2, 0) is 6.54 Å². The lowest BCUT2D eigenvalue weighted by Gasteiger charge is -2.36. The molecule has 21 heavy (non-hydrogen) atoms. The van der Waals surface area contributed by atoms with E-state index in [1.165, 1.54) is 11.1 Å². The summed E-state index contributed by atoms with van der Waals surface area (Å²) in [4.78, 5) is 4.90. The first-order valence-electron chi connectivity index (χ1n) is 7.50. The highest BCUT2D eigenvalue weighted by atomic mass is 35.5. The maximum atomic E-state index is 6.29. The van der Waals surface area contributed by atoms with Crippen LogP contribution in [0.25, 0.3) is 0 Å². The number of hydrogen-bond acceptors (Lipinski definition) is 2. The van der Waals surface area contributed by atoms with Gasteiger partial charge in [0.05, 0.1) is 10.7 Å². The minimum absolute atomic E-state index is 0.852. The minimum Gasteiger partial charge on any atom is -0.368 e. The summed E-state index contributed by atoms with van der Waals surface area (Å²) < 4.78 is 0. The Balaban J connectivity index is 1.59. The molecule has 0 N–H and O–H groups in total. The first kappa shape index (κ1) is 14.4. The number of hydrogen-bond donors (Lipinski definition) is 0. The topological polar surface area (TPSA) is 6.48 Å². The molecule has 2 nitrogen and oxygen atoms in total. The molecule has 1 fully saturated rings. The van der Waals surface area contributed by atoms with Crippen molar-refractivity contribution in [1.82, 2.24) is 4.90 Å². The third-order valence-electron chi connectivity index (χ3n) is 4.05. The summed E-state index contributed by atoms with van der Waals surface area (Å²) in [5.41, 5.74) is 3.90. The fourth-order valence-electron chi connectivity index (χ4n) is 2.92. The zero-order valence-electron chi connectivity index (χ0n) is 12.4. The van der Waals surface area contributed by atoms with Gasteiger partial charge in [-0.05, 0) is 24.6 Å². The molecule has 0 saturated carbocycles. The molecule has 0 amide bonds. The molecule has 3 rings (SSSR count). The molecule has 0 atom stereocenters. The van der Waals surface area contributed by atoms with Crippen LogP contribution in [0, 0.1) is 6.92 Å². The third kappa shape index (κ3) is 3.58. The summed E-state index contributed by atoms with van der Waals surface area (Å²) >= 11 is 6.29. The molecule has 0 unspecified atom stereocenters. The second-order valence-corrected chi connectivity index (χ2v) is 6.11. The number of rotatable bonds is 3. The summed E-state index contributed by atoms with van der Waals surface area (Å²) in [6, 6.07) is 16.9. The highest BCUT2D eigenvalue weighted by Crippen LogP contribution is 2.26. The van der Waals surface area contributed by atoms with Gasteiger partial charge in [0, 0.05) is 32.7 Å². The number of piperazine rings is 1. The monoisotopic (exact) mass is 300 g/mol. The average molecular weight is 301 g/mol. The molecule has 0 aromatic heterocycles. The molecular formula is C18H21ClN2. The van der Waals surface area contributed by atoms with Gasteiger partial charge in [-0.1, -0.05) is 53.6 Å². The SMILES string of the molecule is Cc1cccc(CN2CCN(c3ccccc3Cl)CC2)c1. The number of anilines is 1. The van der Waals surface area contributed by atoms with E-state index < -0.39 is 0 Å². The zero-order valence-corrected chi connectivity index (χ0v) is 13.2. The van der Waals surface area contributed by atoms with Crippen molar-refractivity contribution in [3.63, 3.8) is 0 Å². The smallest absolute Gasteiger partial charge is 0.0639 e. The van der Waals surface area contributed by atoms with Gasteiger partial charge in [-0.3, -0.25) is 4.90 Å². The molecule has 3 heteroatoms. The molecule has 2 aromatic rings. The molecule has 0 aliphatic carbocycles. The van der Waals surface area contributed by atoms with E-state index in [0.717, 1.165) is 43.4 Å². The predicted octanol–water partition coefficient (Wildman–Crippen LogP) is 3.97. The summed E-state index contributed by atoms with van der Waals surface area (Å²) in [6.45, 7) is 7.43. The van der Waals surface area contributed by atoms with Crippen LogP contribution >= 0.6 is 11.6 Å². The van der Waals surface area contributed by atoms with Gasteiger partial charge in [-0.2, -0.15) is 0 Å². The molecule has 0 bridgehead atoms. The van der Waals surface area contributed by atoms with Crippen molar-refractivity contribution < 1.29 is 0 Å². The molecular weight excluding hydrogens is 280 g/mol. The van der Waals surface area contributed by atoms with Crippen LogP contribution in [0.1, 0.15) is 11.1 Å². The average Bonchev–Trinajstić information content (AvgIpc) is 2.49. The molecule has 1 aliphatic rings. The highest BCUT2D eigenvalue weighted by molar-refractivity contribution is 6.33. The van der Waals surface area contributed by atoms with Crippen LogP contribution in [0.15, 0.2) is 48.5 Å². The molecule has 0 radical (unpaired) electrons. The fourth-order valence-corrected chi connectivity index (χ4v) is 3.18. The Morgan fingerprint density at radius 3 is 2.43 bits per heavy atom. The normalized spacial score (nSPS) is 16.2. The second kappa shape index (κ2) is 6.50. The van der Waals surface area contributed by atoms with Gasteiger partial charge in [0.25, 0.3) is 0 Å². The van der Waals surface area contributed by atoms with E-state index >= 15 is 0 Å². The number of nitrogens with zero attached hydrogens (tertiary/aromatic N) is 2. The van der Waals surface area contributed by atoms with Crippen molar-refractivity contribution in [1.29, 1.82) is 0 Å². The standard InChI is InChI=1S/C18H21ClN2/c1-15-5-4-6-16(13-15)14-20-9-11-21(12-10-20)18-8-3-2-7-17(18)19/h2-8,13H,9-12,14H2,1H3. The van der Waals surface area contributed by atoms with Gasteiger partial charge >= 0.3 is 0 Å². The maximum absolute atomic E-state index is 6.29. The molecule has 1 aliphatic heterocycles. The van der Waals surface area contributed by atoms with Crippen molar-refractivity contribution in [2.24, 2.45) is 0 Å². The van der Waals surface area contributed by atoms with Gasteiger partial charge in [0.2, 0.25) is 0 Å². The van der Waals surface area contributed by atoms with Crippen molar-refractivity contribution in [3.05, 3.63) is 64.7 Å². The third-order valence-corrected chi connectivity index (χ3v) is 4.37. The summed E-state index contributed by atoms with van der Waals surface area (Å²) in [6.07, 6.45) is 0. The van der Waals surface area contributed by atoms with Gasteiger partial charge in [0.15, 0.2) is 0 Å². The van der Waals surface area contributed by atoms with Crippen LogP contribution in [0.5, 0.6) is 0 Å². The Morgan fingerprint density at radius 2 is 1.71 bits per heavy atom. The van der Waals surface area contributed by atoms with Crippen LogP contribution in [-0.4, -0.2) is 31.1 Å². The maximum Gasteiger partial charge on any atom is 0.0639 e. The van der Waals surface area contributed by atoms with Crippen LogP contribution in [0.3, 0.4) is 0 Å². The predicted molar refractivity (Wildman–Crippen MR) is 90.1 cm³/mol. The zero-order chi connectivity index (χ0) is 14.7. The number of para-hydroxylation sites is 1. The van der Waals surface area contributed by atoms with E-state index in [0.29, 0.717) is 0 Å². The Morgan fingerprint density at radius 1 is 0.952 bits per heavy atom. The van der Waals surface area contributed by atoms with E-state index in [1.807, 2.05) is 12.1 Å². The van der Waals surface area contributed by atoms with Crippen molar-refractivity contribution in [3.8, 4) is 0 Å². The van der Waals surface area contributed by atoms with Crippen LogP contribution in [0.2, 0.25) is 5.02 Å². The second-order valence-electron chi connectivity index (χ2n) is 5.70. The van der Waals surface area contributed by atoms with Gasteiger partial charge < -0.3 is 4.90 Å². The van der Waals surface area contributed by atoms with Gasteiger partial charge in [-0.15, -0.1) is 0 Å². The van der Waals surface area contributed by atoms with Crippen molar-refractivity contribution in [2.75, 3.05) is 31.1 Å². The largest absolute Gasteiger partial charge is 0.368 e. The molecule has 1 heterocycles. The summed E-state index contributed by atoms with van der Waals surface area (Å²) in [7, 11) is 0. The Labute approximate surface area is 131 Å². The Bertz CT molecular complexity index is 604. The van der Waals surface area contributed by atoms with E-state index in [-0.39, 0.29) is 0 Å². The van der Waals surface area contributed by atoms with E-state index in [1.54, 1.807) is 0 Å². The molecule has 0 spiro atoms. The number of benzene rings is 2. The first-order valence-corrected chi connectivity index (χ1v) is 7.87. The molecule has 110 valence electrons. The van der Waals surface area contributed by atoms with Gasteiger partial charge in [0.1, 0.15) is 0 Å². The van der Waals surface area contributed by atoms with Gasteiger partial charge in [-0.25, -0.2) is 0 Å². The quantitative estimate of drug-likeness (QED) is 0.846. The first-order chi connectivity index (χ1) is 10.2. The Kier molecular flexibility index (Phi) is 4.47. The highest BCUT2D eigenvalue weighted by Gasteiger charge is 2.18. The Hall–Kier alpha value is -1.51. The summed E-state index contributed by atoms with van der Waals surface area (Å²) in [5, 5.41) is 0.852. The lowest BCUT2D eigenvalue weighted by Crippen LogP contribution is -2.46. The van der Waals surface area contributed by atoms with E-state index in [4.69, 9.17) is 11.6 Å². The van der Waals surface area contributed by atoms with E-state index in [2.05, 4.69) is 53.1 Å². The molecule has 1 saturated heterocycles. The lowest BCUT2D eigenvalue weighted by atomic mass is 10.1. The van der Waals surface area contributed by atoms with E-state index in [9.17, 15) is 0 Å². The van der Waals surface area contributed by atoms with Crippen molar-refractivity contribution in [2.45, 2.75) is 13.5 Å². The minimum atomic E-state index is 0.852. The molecule has 2 aromatic carbocycles. The fraction of sp³-hybridized carbons (Fsp3) is 0.333. The number of halogens is 1. The van der Waals surface area contributed by atoms with Crippen LogP contribution < -0.4 is 4.90 Å². The van der Waals surface area contributed by atoms with Crippen molar-refractivity contribution >= 4 is 17.3 Å². The van der Waals surface area contributed by atoms with Crippen LogP contribution in [0.4, 0.5) is 5.69 Å².